The number of methoxy groups -OCH3 is 1. The van der Waals surface area contributed by atoms with Crippen molar-refractivity contribution < 1.29 is 14.3 Å². The molecule has 2 heterocycles. The van der Waals surface area contributed by atoms with Gasteiger partial charge < -0.3 is 20.1 Å². The van der Waals surface area contributed by atoms with Gasteiger partial charge in [-0.2, -0.15) is 0 Å². The molecule has 7 nitrogen and oxygen atoms in total. The number of rotatable bonds is 6. The van der Waals surface area contributed by atoms with E-state index in [-0.39, 0.29) is 11.4 Å². The van der Waals surface area contributed by atoms with E-state index in [1.165, 1.54) is 5.56 Å². The first-order valence-corrected chi connectivity index (χ1v) is 13.4. The topological polar surface area (TPSA) is 75.7 Å². The van der Waals surface area contributed by atoms with Gasteiger partial charge in [0.1, 0.15) is 5.75 Å². The molecule has 1 aliphatic rings. The molecule has 0 atom stereocenters. The summed E-state index contributed by atoms with van der Waals surface area (Å²) in [6, 6.07) is 21.8. The van der Waals surface area contributed by atoms with Crippen LogP contribution in [-0.2, 0) is 16.7 Å². The third-order valence-electron chi connectivity index (χ3n) is 7.10. The second-order valence-electron chi connectivity index (χ2n) is 10.9. The van der Waals surface area contributed by atoms with Gasteiger partial charge in [0.25, 0.3) is 0 Å². The summed E-state index contributed by atoms with van der Waals surface area (Å²) in [6.07, 6.45) is 1.96. The van der Waals surface area contributed by atoms with E-state index < -0.39 is 0 Å². The normalized spacial score (nSPS) is 14.3. The quantitative estimate of drug-likeness (QED) is 0.294. The van der Waals surface area contributed by atoms with Crippen LogP contribution in [0.15, 0.2) is 72.9 Å². The number of nitrogens with one attached hydrogen (secondary N) is 2. The molecule has 202 valence electrons. The van der Waals surface area contributed by atoms with Gasteiger partial charge in [0, 0.05) is 36.8 Å². The van der Waals surface area contributed by atoms with Crippen LogP contribution in [0.3, 0.4) is 0 Å². The first-order chi connectivity index (χ1) is 18.8. The van der Waals surface area contributed by atoms with Crippen molar-refractivity contribution in [2.24, 2.45) is 0 Å². The number of morpholine rings is 1. The predicted molar refractivity (Wildman–Crippen MR) is 158 cm³/mol. The fraction of sp³-hybridized carbons (Fsp3) is 0.312. The molecule has 3 aromatic carbocycles. The van der Waals surface area contributed by atoms with Crippen LogP contribution in [0.5, 0.6) is 5.75 Å². The molecule has 1 fully saturated rings. The molecule has 39 heavy (non-hydrogen) atoms. The summed E-state index contributed by atoms with van der Waals surface area (Å²) in [7, 11) is 1.60. The first-order valence-electron chi connectivity index (χ1n) is 13.4. The van der Waals surface area contributed by atoms with Crippen molar-refractivity contribution in [2.45, 2.75) is 32.7 Å². The highest BCUT2D eigenvalue weighted by molar-refractivity contribution is 6.09. The summed E-state index contributed by atoms with van der Waals surface area (Å²) >= 11 is 0. The minimum Gasteiger partial charge on any atom is -0.495 e. The summed E-state index contributed by atoms with van der Waals surface area (Å²) in [5, 5.41) is 7.98. The molecule has 5 rings (SSSR count). The first kappa shape index (κ1) is 26.7. The summed E-state index contributed by atoms with van der Waals surface area (Å²) < 4.78 is 10.9. The van der Waals surface area contributed by atoms with Crippen LogP contribution in [-0.4, -0.2) is 49.3 Å². The van der Waals surface area contributed by atoms with Gasteiger partial charge in [-0.25, -0.2) is 4.79 Å². The summed E-state index contributed by atoms with van der Waals surface area (Å²) in [4.78, 5) is 20.3. The van der Waals surface area contributed by atoms with E-state index in [1.807, 2.05) is 54.7 Å². The van der Waals surface area contributed by atoms with Gasteiger partial charge in [-0.05, 0) is 46.2 Å². The monoisotopic (exact) mass is 524 g/mol. The van der Waals surface area contributed by atoms with Crippen LogP contribution in [0, 0.1) is 0 Å². The number of benzene rings is 3. The number of ether oxygens (including phenoxy) is 2. The molecule has 0 saturated carbocycles. The lowest BCUT2D eigenvalue weighted by Crippen LogP contribution is -2.35. The van der Waals surface area contributed by atoms with Gasteiger partial charge in [0.2, 0.25) is 0 Å². The van der Waals surface area contributed by atoms with Crippen LogP contribution in [0.25, 0.3) is 22.0 Å². The molecule has 1 saturated heterocycles. The van der Waals surface area contributed by atoms with Crippen molar-refractivity contribution in [3.63, 3.8) is 0 Å². The number of pyridine rings is 1. The van der Waals surface area contributed by atoms with Gasteiger partial charge in [0.15, 0.2) is 0 Å². The molecule has 0 spiro atoms. The van der Waals surface area contributed by atoms with E-state index in [1.54, 1.807) is 7.11 Å². The Morgan fingerprint density at radius 1 is 0.949 bits per heavy atom. The Labute approximate surface area is 230 Å². The molecule has 0 unspecified atom stereocenters. The highest BCUT2D eigenvalue weighted by Gasteiger charge is 2.18. The SMILES string of the molecule is COc1ccc(C(C)(C)C)cc1NC(=O)Nc1ccc(-c2ccc(CN3CCOCC3)cn2)c2ccccc12. The van der Waals surface area contributed by atoms with Crippen LogP contribution in [0.4, 0.5) is 16.2 Å². The minimum absolute atomic E-state index is 0.0556. The number of nitrogens with zero attached hydrogens (tertiary/aromatic N) is 2. The third-order valence-corrected chi connectivity index (χ3v) is 7.10. The maximum Gasteiger partial charge on any atom is 0.323 e. The Balaban J connectivity index is 1.36. The molecule has 0 bridgehead atoms. The summed E-state index contributed by atoms with van der Waals surface area (Å²) in [5.74, 6) is 0.612. The molecule has 4 aromatic rings. The third kappa shape index (κ3) is 6.21. The van der Waals surface area contributed by atoms with Crippen LogP contribution < -0.4 is 15.4 Å². The largest absolute Gasteiger partial charge is 0.495 e. The highest BCUT2D eigenvalue weighted by Crippen LogP contribution is 2.34. The lowest BCUT2D eigenvalue weighted by atomic mass is 9.87. The maximum atomic E-state index is 13.1. The van der Waals surface area contributed by atoms with Crippen molar-refractivity contribution >= 4 is 28.2 Å². The van der Waals surface area contributed by atoms with Gasteiger partial charge in [-0.1, -0.05) is 63.2 Å². The highest BCUT2D eigenvalue weighted by atomic mass is 16.5. The zero-order valence-corrected chi connectivity index (χ0v) is 23.1. The number of fused-ring (bicyclic) bond motifs is 1. The number of amides is 2. The number of carbonyl (C=O) groups excluding carboxylic acids is 1. The van der Waals surface area contributed by atoms with E-state index in [2.05, 4.69) is 54.5 Å². The second-order valence-corrected chi connectivity index (χ2v) is 10.9. The Bertz CT molecular complexity index is 1460. The maximum absolute atomic E-state index is 13.1. The molecule has 0 radical (unpaired) electrons. The molecule has 1 aliphatic heterocycles. The minimum atomic E-state index is -0.331. The Morgan fingerprint density at radius 2 is 1.69 bits per heavy atom. The molecule has 7 heteroatoms. The fourth-order valence-corrected chi connectivity index (χ4v) is 4.87. The number of aromatic nitrogens is 1. The van der Waals surface area contributed by atoms with E-state index in [0.717, 1.165) is 66.1 Å². The fourth-order valence-electron chi connectivity index (χ4n) is 4.87. The van der Waals surface area contributed by atoms with Crippen LogP contribution >= 0.6 is 0 Å². The zero-order valence-electron chi connectivity index (χ0n) is 23.1. The average molecular weight is 525 g/mol. The smallest absolute Gasteiger partial charge is 0.323 e. The van der Waals surface area contributed by atoms with Crippen molar-refractivity contribution in [3.8, 4) is 17.0 Å². The molecule has 1 aromatic heterocycles. The van der Waals surface area contributed by atoms with Crippen LogP contribution in [0.1, 0.15) is 31.9 Å². The zero-order chi connectivity index (χ0) is 27.4. The van der Waals surface area contributed by atoms with Crippen LogP contribution in [0.2, 0.25) is 0 Å². The Morgan fingerprint density at radius 3 is 2.38 bits per heavy atom. The Kier molecular flexibility index (Phi) is 7.82. The lowest BCUT2D eigenvalue weighted by molar-refractivity contribution is 0.0341. The predicted octanol–water partition coefficient (Wildman–Crippen LogP) is 6.68. The summed E-state index contributed by atoms with van der Waals surface area (Å²) in [5.41, 5.74) is 5.51. The Hall–Kier alpha value is -3.94. The molecular weight excluding hydrogens is 488 g/mol. The van der Waals surface area contributed by atoms with Gasteiger partial charge >= 0.3 is 6.03 Å². The van der Waals surface area contributed by atoms with E-state index in [9.17, 15) is 4.79 Å². The molecule has 2 amide bonds. The second kappa shape index (κ2) is 11.4. The van der Waals surface area contributed by atoms with E-state index in [4.69, 9.17) is 14.5 Å². The van der Waals surface area contributed by atoms with Gasteiger partial charge in [0.05, 0.1) is 37.4 Å². The molecule has 0 aliphatic carbocycles. The van der Waals surface area contributed by atoms with E-state index >= 15 is 0 Å². The van der Waals surface area contributed by atoms with Crippen molar-refractivity contribution in [1.29, 1.82) is 0 Å². The lowest BCUT2D eigenvalue weighted by Gasteiger charge is -2.26. The molecular formula is C32H36N4O3. The molecule has 2 N–H and O–H groups in total. The van der Waals surface area contributed by atoms with Gasteiger partial charge in [-0.3, -0.25) is 9.88 Å². The average Bonchev–Trinajstić information content (AvgIpc) is 2.94. The summed E-state index contributed by atoms with van der Waals surface area (Å²) in [6.45, 7) is 10.8. The standard InChI is InChI=1S/C32H36N4O3/c1-32(2,3)23-10-14-30(38-4)29(19-23)35-31(37)34-28-13-11-26(24-7-5-6-8-25(24)28)27-12-9-22(20-33-27)21-36-15-17-39-18-16-36/h5-14,19-20H,15-18,21H2,1-4H3,(H2,34,35,37). The number of anilines is 2. The van der Waals surface area contributed by atoms with E-state index in [0.29, 0.717) is 11.4 Å². The van der Waals surface area contributed by atoms with Crippen molar-refractivity contribution in [2.75, 3.05) is 44.0 Å². The number of hydrogen-bond acceptors (Lipinski definition) is 5. The van der Waals surface area contributed by atoms with Crippen molar-refractivity contribution in [1.82, 2.24) is 9.88 Å². The van der Waals surface area contributed by atoms with Crippen molar-refractivity contribution in [3.05, 3.63) is 84.1 Å². The number of hydrogen-bond donors (Lipinski definition) is 2. The number of carbonyl (C=O) groups is 1. The van der Waals surface area contributed by atoms with Gasteiger partial charge in [-0.15, -0.1) is 0 Å². The number of urea groups is 1.